The van der Waals surface area contributed by atoms with Gasteiger partial charge in [-0.1, -0.05) is 23.7 Å². The minimum Gasteiger partial charge on any atom is -0.399 e. The number of nitrogens with one attached hydrogen (secondary N) is 1. The fourth-order valence-corrected chi connectivity index (χ4v) is 2.78. The third-order valence-electron chi connectivity index (χ3n) is 2.63. The molecule has 1 atom stereocenters. The zero-order valence-electron chi connectivity index (χ0n) is 11.0. The number of amides is 1. The van der Waals surface area contributed by atoms with Crippen LogP contribution in [0.15, 0.2) is 53.4 Å². The minimum absolute atomic E-state index is 0.0697. The fraction of sp³-hybridized carbons (Fsp3) is 0.133. The van der Waals surface area contributed by atoms with E-state index < -0.39 is 0 Å². The normalized spacial score (nSPS) is 11.9. The Bertz CT molecular complexity index is 618. The second-order valence-electron chi connectivity index (χ2n) is 4.33. The highest BCUT2D eigenvalue weighted by Gasteiger charge is 2.14. The van der Waals surface area contributed by atoms with Gasteiger partial charge in [0.2, 0.25) is 5.91 Å². The van der Waals surface area contributed by atoms with Crippen LogP contribution in [0, 0.1) is 0 Å². The second kappa shape index (κ2) is 6.68. The summed E-state index contributed by atoms with van der Waals surface area (Å²) in [4.78, 5) is 13.1. The Morgan fingerprint density at radius 1 is 1.25 bits per heavy atom. The van der Waals surface area contributed by atoms with E-state index in [-0.39, 0.29) is 11.2 Å². The molecule has 0 fully saturated rings. The Balaban J connectivity index is 1.98. The van der Waals surface area contributed by atoms with Crippen LogP contribution in [0.3, 0.4) is 0 Å². The molecule has 1 amide bonds. The largest absolute Gasteiger partial charge is 0.399 e. The highest BCUT2D eigenvalue weighted by molar-refractivity contribution is 8.00. The predicted octanol–water partition coefficient (Wildman–Crippen LogP) is 4.04. The molecule has 104 valence electrons. The first-order valence-corrected chi connectivity index (χ1v) is 7.39. The topological polar surface area (TPSA) is 55.1 Å². The first kappa shape index (κ1) is 14.8. The van der Waals surface area contributed by atoms with Crippen molar-refractivity contribution >= 4 is 40.6 Å². The molecule has 2 aromatic rings. The van der Waals surface area contributed by atoms with E-state index >= 15 is 0 Å². The Morgan fingerprint density at radius 2 is 2.00 bits per heavy atom. The molecule has 1 unspecified atom stereocenters. The van der Waals surface area contributed by atoms with Gasteiger partial charge in [-0.15, -0.1) is 11.8 Å². The van der Waals surface area contributed by atoms with E-state index in [0.717, 1.165) is 4.90 Å². The van der Waals surface area contributed by atoms with Gasteiger partial charge in [0.25, 0.3) is 0 Å². The van der Waals surface area contributed by atoms with Gasteiger partial charge < -0.3 is 11.1 Å². The Kier molecular flexibility index (Phi) is 4.93. The van der Waals surface area contributed by atoms with Crippen molar-refractivity contribution in [1.82, 2.24) is 0 Å². The molecule has 5 heteroatoms. The lowest BCUT2D eigenvalue weighted by Gasteiger charge is -2.12. The maximum absolute atomic E-state index is 12.1. The van der Waals surface area contributed by atoms with Crippen molar-refractivity contribution in [2.24, 2.45) is 0 Å². The molecule has 0 saturated heterocycles. The van der Waals surface area contributed by atoms with Gasteiger partial charge in [-0.25, -0.2) is 0 Å². The molecular formula is C15H15ClN2OS. The van der Waals surface area contributed by atoms with Crippen molar-refractivity contribution in [2.75, 3.05) is 11.1 Å². The zero-order chi connectivity index (χ0) is 14.5. The van der Waals surface area contributed by atoms with Crippen LogP contribution in [0.1, 0.15) is 6.92 Å². The predicted molar refractivity (Wildman–Crippen MR) is 86.3 cm³/mol. The van der Waals surface area contributed by atoms with Crippen LogP contribution in [-0.2, 0) is 4.79 Å². The third-order valence-corrected chi connectivity index (χ3v) is 3.96. The summed E-state index contributed by atoms with van der Waals surface area (Å²) >= 11 is 7.35. The number of hydrogen-bond donors (Lipinski definition) is 2. The van der Waals surface area contributed by atoms with Gasteiger partial charge in [0.05, 0.1) is 5.25 Å². The maximum atomic E-state index is 12.1. The standard InChI is InChI=1S/C15H15ClN2OS/c1-10(20-14-7-3-5-12(17)9-14)15(19)18-13-6-2-4-11(16)8-13/h2-10H,17H2,1H3,(H,18,19). The number of benzene rings is 2. The van der Waals surface area contributed by atoms with Crippen LogP contribution >= 0.6 is 23.4 Å². The minimum atomic E-state index is -0.226. The van der Waals surface area contributed by atoms with Crippen molar-refractivity contribution in [3.63, 3.8) is 0 Å². The summed E-state index contributed by atoms with van der Waals surface area (Å²) in [6, 6.07) is 14.6. The second-order valence-corrected chi connectivity index (χ2v) is 6.18. The molecule has 20 heavy (non-hydrogen) atoms. The Hall–Kier alpha value is -1.65. The number of nitrogen functional groups attached to an aromatic ring is 1. The lowest BCUT2D eigenvalue weighted by atomic mass is 10.3. The van der Waals surface area contributed by atoms with Crippen molar-refractivity contribution in [2.45, 2.75) is 17.1 Å². The molecule has 2 rings (SSSR count). The van der Waals surface area contributed by atoms with Crippen molar-refractivity contribution in [3.8, 4) is 0 Å². The molecule has 3 nitrogen and oxygen atoms in total. The van der Waals surface area contributed by atoms with Crippen molar-refractivity contribution in [1.29, 1.82) is 0 Å². The Morgan fingerprint density at radius 3 is 2.70 bits per heavy atom. The number of carbonyl (C=O) groups excluding carboxylic acids is 1. The summed E-state index contributed by atoms with van der Waals surface area (Å²) in [7, 11) is 0. The van der Waals surface area contributed by atoms with Crippen molar-refractivity contribution < 1.29 is 4.79 Å². The maximum Gasteiger partial charge on any atom is 0.237 e. The van der Waals surface area contributed by atoms with Gasteiger partial charge in [-0.3, -0.25) is 4.79 Å². The van der Waals surface area contributed by atoms with Gasteiger partial charge in [0.15, 0.2) is 0 Å². The molecule has 0 bridgehead atoms. The van der Waals surface area contributed by atoms with Crippen LogP contribution in [0.2, 0.25) is 5.02 Å². The summed E-state index contributed by atoms with van der Waals surface area (Å²) < 4.78 is 0. The molecule has 0 aliphatic carbocycles. The van der Waals surface area contributed by atoms with Crippen molar-refractivity contribution in [3.05, 3.63) is 53.6 Å². The molecule has 2 aromatic carbocycles. The average molecular weight is 307 g/mol. The zero-order valence-corrected chi connectivity index (χ0v) is 12.5. The molecule has 3 N–H and O–H groups in total. The number of anilines is 2. The number of hydrogen-bond acceptors (Lipinski definition) is 3. The number of halogens is 1. The van der Waals surface area contributed by atoms with Crippen LogP contribution in [0.25, 0.3) is 0 Å². The summed E-state index contributed by atoms with van der Waals surface area (Å²) in [6.45, 7) is 1.85. The van der Waals surface area contributed by atoms with E-state index in [2.05, 4.69) is 5.32 Å². The molecule has 0 aliphatic rings. The van der Waals surface area contributed by atoms with E-state index in [1.54, 1.807) is 18.2 Å². The summed E-state index contributed by atoms with van der Waals surface area (Å²) in [5.74, 6) is -0.0697. The van der Waals surface area contributed by atoms with Gasteiger partial charge in [0, 0.05) is 21.3 Å². The first-order valence-electron chi connectivity index (χ1n) is 6.13. The van der Waals surface area contributed by atoms with E-state index in [9.17, 15) is 4.79 Å². The van der Waals surface area contributed by atoms with Gasteiger partial charge in [-0.05, 0) is 43.3 Å². The van der Waals surface area contributed by atoms with Crippen LogP contribution in [0.5, 0.6) is 0 Å². The summed E-state index contributed by atoms with van der Waals surface area (Å²) in [5.41, 5.74) is 7.11. The van der Waals surface area contributed by atoms with Gasteiger partial charge >= 0.3 is 0 Å². The highest BCUT2D eigenvalue weighted by Crippen LogP contribution is 2.26. The number of nitrogens with two attached hydrogens (primary N) is 1. The lowest BCUT2D eigenvalue weighted by Crippen LogP contribution is -2.22. The third kappa shape index (κ3) is 4.18. The Labute approximate surface area is 127 Å². The monoisotopic (exact) mass is 306 g/mol. The molecule has 0 spiro atoms. The summed E-state index contributed by atoms with van der Waals surface area (Å²) in [6.07, 6.45) is 0. The fourth-order valence-electron chi connectivity index (χ4n) is 1.66. The van der Waals surface area contributed by atoms with Crippen LogP contribution < -0.4 is 11.1 Å². The number of carbonyl (C=O) groups is 1. The van der Waals surface area contributed by atoms with E-state index in [1.807, 2.05) is 37.3 Å². The van der Waals surface area contributed by atoms with Gasteiger partial charge in [0.1, 0.15) is 0 Å². The molecular weight excluding hydrogens is 292 g/mol. The van der Waals surface area contributed by atoms with Crippen LogP contribution in [-0.4, -0.2) is 11.2 Å². The smallest absolute Gasteiger partial charge is 0.237 e. The summed E-state index contributed by atoms with van der Waals surface area (Å²) in [5, 5.41) is 3.21. The van der Waals surface area contributed by atoms with E-state index in [0.29, 0.717) is 16.4 Å². The highest BCUT2D eigenvalue weighted by atomic mass is 35.5. The van der Waals surface area contributed by atoms with E-state index in [4.69, 9.17) is 17.3 Å². The average Bonchev–Trinajstić information content (AvgIpc) is 2.38. The SMILES string of the molecule is CC(Sc1cccc(N)c1)C(=O)Nc1cccc(Cl)c1. The molecule has 0 heterocycles. The quantitative estimate of drug-likeness (QED) is 0.662. The number of rotatable bonds is 4. The van der Waals surface area contributed by atoms with Gasteiger partial charge in [-0.2, -0.15) is 0 Å². The van der Waals surface area contributed by atoms with Crippen LogP contribution in [0.4, 0.5) is 11.4 Å². The molecule has 0 aliphatic heterocycles. The first-order chi connectivity index (χ1) is 9.54. The van der Waals surface area contributed by atoms with E-state index in [1.165, 1.54) is 11.8 Å². The molecule has 0 saturated carbocycles. The molecule has 0 aromatic heterocycles. The number of thioether (sulfide) groups is 1. The lowest BCUT2D eigenvalue weighted by molar-refractivity contribution is -0.115. The molecule has 0 radical (unpaired) electrons.